The molecular formula is C10H14FN3O3S. The summed E-state index contributed by atoms with van der Waals surface area (Å²) in [5, 5.41) is 2.44. The van der Waals surface area contributed by atoms with E-state index in [0.29, 0.717) is 6.54 Å². The molecule has 0 saturated carbocycles. The maximum atomic E-state index is 12.9. The van der Waals surface area contributed by atoms with Crippen molar-refractivity contribution in [2.24, 2.45) is 0 Å². The lowest BCUT2D eigenvalue weighted by atomic mass is 10.3. The number of hydrogen-bond acceptors (Lipinski definition) is 4. The SMILES string of the molecule is CCNC(=O)CNS(=O)(=O)c1ccc(F)c(N)c1. The Labute approximate surface area is 104 Å². The topological polar surface area (TPSA) is 101 Å². The minimum absolute atomic E-state index is 0.189. The Morgan fingerprint density at radius 3 is 2.67 bits per heavy atom. The molecule has 1 rings (SSSR count). The molecule has 18 heavy (non-hydrogen) atoms. The van der Waals surface area contributed by atoms with Crippen molar-refractivity contribution in [2.75, 3.05) is 18.8 Å². The number of nitrogens with one attached hydrogen (secondary N) is 2. The molecule has 0 aliphatic rings. The average Bonchev–Trinajstić information content (AvgIpc) is 2.30. The number of sulfonamides is 1. The summed E-state index contributed by atoms with van der Waals surface area (Å²) in [6.45, 7) is 1.74. The van der Waals surface area contributed by atoms with Crippen LogP contribution in [0.3, 0.4) is 0 Å². The molecule has 0 fully saturated rings. The second-order valence-electron chi connectivity index (χ2n) is 3.46. The standard InChI is InChI=1S/C10H14FN3O3S/c1-2-13-10(15)6-14-18(16,17)7-3-4-8(11)9(12)5-7/h3-5,14H,2,6,12H2,1H3,(H,13,15). The zero-order valence-corrected chi connectivity index (χ0v) is 10.6. The van der Waals surface area contributed by atoms with E-state index in [1.54, 1.807) is 6.92 Å². The lowest BCUT2D eigenvalue weighted by Gasteiger charge is -2.07. The Kier molecular flexibility index (Phi) is 4.62. The molecule has 0 aliphatic heterocycles. The van der Waals surface area contributed by atoms with Crippen molar-refractivity contribution < 1.29 is 17.6 Å². The third-order valence-corrected chi connectivity index (χ3v) is 3.47. The molecule has 8 heteroatoms. The Morgan fingerprint density at radius 1 is 1.44 bits per heavy atom. The number of carbonyl (C=O) groups excluding carboxylic acids is 1. The van der Waals surface area contributed by atoms with Gasteiger partial charge in [0, 0.05) is 6.54 Å². The van der Waals surface area contributed by atoms with Crippen LogP contribution >= 0.6 is 0 Å². The Morgan fingerprint density at radius 2 is 2.11 bits per heavy atom. The van der Waals surface area contributed by atoms with Crippen LogP contribution in [0.25, 0.3) is 0 Å². The minimum atomic E-state index is -3.87. The number of likely N-dealkylation sites (N-methyl/N-ethyl adjacent to an activating group) is 1. The fourth-order valence-corrected chi connectivity index (χ4v) is 2.21. The van der Waals surface area contributed by atoms with Crippen LogP contribution in [0.4, 0.5) is 10.1 Å². The first-order chi connectivity index (χ1) is 8.36. The molecule has 0 bridgehead atoms. The van der Waals surface area contributed by atoms with E-state index in [4.69, 9.17) is 5.73 Å². The number of nitrogen functional groups attached to an aromatic ring is 1. The van der Waals surface area contributed by atoms with Crippen LogP contribution in [0, 0.1) is 5.82 Å². The van der Waals surface area contributed by atoms with Crippen LogP contribution < -0.4 is 15.8 Å². The molecule has 1 aromatic carbocycles. The fourth-order valence-electron chi connectivity index (χ4n) is 1.19. The van der Waals surface area contributed by atoms with Crippen molar-refractivity contribution in [3.63, 3.8) is 0 Å². The summed E-state index contributed by atoms with van der Waals surface area (Å²) in [6.07, 6.45) is 0. The molecule has 0 radical (unpaired) electrons. The van der Waals surface area contributed by atoms with E-state index in [-0.39, 0.29) is 17.1 Å². The fraction of sp³-hybridized carbons (Fsp3) is 0.300. The molecule has 1 amide bonds. The summed E-state index contributed by atoms with van der Waals surface area (Å²) in [5.41, 5.74) is 5.01. The van der Waals surface area contributed by atoms with Crippen molar-refractivity contribution in [1.82, 2.24) is 10.0 Å². The van der Waals surface area contributed by atoms with Gasteiger partial charge >= 0.3 is 0 Å². The van der Waals surface area contributed by atoms with Gasteiger partial charge in [-0.05, 0) is 25.1 Å². The lowest BCUT2D eigenvalue weighted by molar-refractivity contribution is -0.119. The normalized spacial score (nSPS) is 11.2. The molecule has 0 atom stereocenters. The molecule has 100 valence electrons. The molecular weight excluding hydrogens is 261 g/mol. The Bertz CT molecular complexity index is 545. The van der Waals surface area contributed by atoms with Gasteiger partial charge in [-0.25, -0.2) is 17.5 Å². The molecule has 0 spiro atoms. The van der Waals surface area contributed by atoms with Gasteiger partial charge in [-0.1, -0.05) is 0 Å². The largest absolute Gasteiger partial charge is 0.396 e. The van der Waals surface area contributed by atoms with Gasteiger partial charge in [-0.2, -0.15) is 0 Å². The van der Waals surface area contributed by atoms with E-state index >= 15 is 0 Å². The van der Waals surface area contributed by atoms with Gasteiger partial charge in [0.2, 0.25) is 15.9 Å². The predicted molar refractivity (Wildman–Crippen MR) is 64.7 cm³/mol. The first-order valence-corrected chi connectivity index (χ1v) is 6.66. The predicted octanol–water partition coefficient (Wildman–Crippen LogP) is -0.178. The summed E-state index contributed by atoms with van der Waals surface area (Å²) >= 11 is 0. The van der Waals surface area contributed by atoms with Gasteiger partial charge in [-0.15, -0.1) is 0 Å². The third-order valence-electron chi connectivity index (χ3n) is 2.07. The molecule has 0 unspecified atom stereocenters. The number of hydrogen-bond donors (Lipinski definition) is 3. The number of anilines is 1. The molecule has 0 heterocycles. The van der Waals surface area contributed by atoms with Crippen LogP contribution in [0.5, 0.6) is 0 Å². The number of rotatable bonds is 5. The van der Waals surface area contributed by atoms with Gasteiger partial charge in [0.25, 0.3) is 0 Å². The van der Waals surface area contributed by atoms with Crippen molar-refractivity contribution in [2.45, 2.75) is 11.8 Å². The molecule has 0 aromatic heterocycles. The van der Waals surface area contributed by atoms with Crippen molar-refractivity contribution >= 4 is 21.6 Å². The molecule has 0 saturated heterocycles. The number of amides is 1. The quantitative estimate of drug-likeness (QED) is 0.649. The molecule has 4 N–H and O–H groups in total. The lowest BCUT2D eigenvalue weighted by Crippen LogP contribution is -2.36. The van der Waals surface area contributed by atoms with E-state index < -0.39 is 21.7 Å². The van der Waals surface area contributed by atoms with Crippen LogP contribution in [-0.2, 0) is 14.8 Å². The zero-order chi connectivity index (χ0) is 13.8. The van der Waals surface area contributed by atoms with Crippen LogP contribution in [0.2, 0.25) is 0 Å². The average molecular weight is 275 g/mol. The number of halogens is 1. The summed E-state index contributed by atoms with van der Waals surface area (Å²) in [7, 11) is -3.87. The van der Waals surface area contributed by atoms with Gasteiger partial charge in [0.1, 0.15) is 5.82 Å². The van der Waals surface area contributed by atoms with E-state index in [1.807, 2.05) is 0 Å². The highest BCUT2D eigenvalue weighted by Crippen LogP contribution is 2.16. The molecule has 1 aromatic rings. The first-order valence-electron chi connectivity index (χ1n) is 5.18. The Balaban J connectivity index is 2.80. The highest BCUT2D eigenvalue weighted by Gasteiger charge is 2.16. The number of benzene rings is 1. The number of carbonyl (C=O) groups is 1. The summed E-state index contributed by atoms with van der Waals surface area (Å²) in [6, 6.07) is 3.02. The second kappa shape index (κ2) is 5.78. The third kappa shape index (κ3) is 3.67. The summed E-state index contributed by atoms with van der Waals surface area (Å²) in [5.74, 6) is -1.14. The maximum absolute atomic E-state index is 12.9. The molecule has 6 nitrogen and oxygen atoms in total. The number of nitrogens with two attached hydrogens (primary N) is 1. The highest BCUT2D eigenvalue weighted by atomic mass is 32.2. The van der Waals surface area contributed by atoms with Crippen molar-refractivity contribution in [3.8, 4) is 0 Å². The first kappa shape index (κ1) is 14.4. The van der Waals surface area contributed by atoms with E-state index in [0.717, 1.165) is 18.2 Å². The maximum Gasteiger partial charge on any atom is 0.241 e. The van der Waals surface area contributed by atoms with Gasteiger partial charge < -0.3 is 11.1 Å². The van der Waals surface area contributed by atoms with Gasteiger partial charge in [0.05, 0.1) is 17.1 Å². The van der Waals surface area contributed by atoms with Crippen LogP contribution in [0.1, 0.15) is 6.92 Å². The van der Waals surface area contributed by atoms with Gasteiger partial charge in [-0.3, -0.25) is 4.79 Å². The second-order valence-corrected chi connectivity index (χ2v) is 5.23. The van der Waals surface area contributed by atoms with E-state index in [2.05, 4.69) is 10.0 Å². The Hall–Kier alpha value is -1.67. The summed E-state index contributed by atoms with van der Waals surface area (Å²) in [4.78, 5) is 10.9. The van der Waals surface area contributed by atoms with Crippen LogP contribution in [0.15, 0.2) is 23.1 Å². The van der Waals surface area contributed by atoms with Crippen molar-refractivity contribution in [1.29, 1.82) is 0 Å². The van der Waals surface area contributed by atoms with Gasteiger partial charge in [0.15, 0.2) is 0 Å². The monoisotopic (exact) mass is 275 g/mol. The van der Waals surface area contributed by atoms with Crippen molar-refractivity contribution in [3.05, 3.63) is 24.0 Å². The van der Waals surface area contributed by atoms with E-state index in [1.165, 1.54) is 0 Å². The highest BCUT2D eigenvalue weighted by molar-refractivity contribution is 7.89. The summed E-state index contributed by atoms with van der Waals surface area (Å²) < 4.78 is 38.5. The zero-order valence-electron chi connectivity index (χ0n) is 9.73. The minimum Gasteiger partial charge on any atom is -0.396 e. The smallest absolute Gasteiger partial charge is 0.241 e. The van der Waals surface area contributed by atoms with E-state index in [9.17, 15) is 17.6 Å². The molecule has 0 aliphatic carbocycles. The van der Waals surface area contributed by atoms with Crippen LogP contribution in [-0.4, -0.2) is 27.4 Å².